The van der Waals surface area contributed by atoms with Crippen LogP contribution >= 0.6 is 12.0 Å². The lowest BCUT2D eigenvalue weighted by atomic mass is 9.81. The van der Waals surface area contributed by atoms with Crippen LogP contribution in [0.25, 0.3) is 0 Å². The standard InChI is InChI=1S/C86H147N5O32S2/c1-85(2)77-73-75(124-123-122-94)19-21-79(77)90(24-14-8-12-18-84(93)89-87)81(85)15-9-6-10-16-82-86(3,4)78-74-76(125(95,96)97)20-22-80(78)91(82)25-13-7-11-17-83(92)88-23-26-99-29-30-101-33-34-103-37-38-105-41-42-107-45-46-109-49-50-111-53-54-113-57-58-115-61-62-117-65-66-119-69-70-121-72-71-120-68-67-118-64-63-116-60-59-114-56-55-112-52-51-110-48-47-108-44-43-106-40-39-104-36-35-102-32-31-100-28-27-98-5/h6,9-10,15-16,19-22,73-74H,7-8,11-14,17-18,23-72,87H2,1-5H3,(H3-,88,89,92,93,94,95,96,97). The van der Waals surface area contributed by atoms with Gasteiger partial charge in [0, 0.05) is 78.9 Å². The first-order valence-electron chi connectivity index (χ1n) is 43.6. The number of nitrogens with two attached hydrogens (primary N) is 1. The molecule has 2 aliphatic heterocycles. The lowest BCUT2D eigenvalue weighted by Crippen LogP contribution is -2.29. The third-order valence-electron chi connectivity index (χ3n) is 18.8. The Labute approximate surface area is 745 Å². The molecule has 0 atom stereocenters. The summed E-state index contributed by atoms with van der Waals surface area (Å²) in [6, 6.07) is 10.5. The van der Waals surface area contributed by atoms with Gasteiger partial charge in [0.2, 0.25) is 17.5 Å². The number of anilines is 1. The second-order valence-corrected chi connectivity index (χ2v) is 31.0. The Morgan fingerprint density at radius 2 is 0.784 bits per heavy atom. The van der Waals surface area contributed by atoms with Crippen molar-refractivity contribution in [2.24, 2.45) is 5.84 Å². The highest BCUT2D eigenvalue weighted by Gasteiger charge is 2.45. The number of amides is 2. The zero-order valence-corrected chi connectivity index (χ0v) is 76.4. The molecule has 37 nitrogen and oxygen atoms in total. The van der Waals surface area contributed by atoms with Crippen molar-refractivity contribution in [1.82, 2.24) is 10.7 Å². The molecule has 0 saturated heterocycles. The molecular formula is C86H147N5O32S2. The highest BCUT2D eigenvalue weighted by atomic mass is 32.2. The Balaban J connectivity index is 0.826. The van der Waals surface area contributed by atoms with Gasteiger partial charge >= 0.3 is 0 Å². The van der Waals surface area contributed by atoms with Crippen molar-refractivity contribution in [2.75, 3.05) is 342 Å². The van der Waals surface area contributed by atoms with Gasteiger partial charge in [-0.3, -0.25) is 15.0 Å². The van der Waals surface area contributed by atoms with Crippen LogP contribution in [-0.2, 0) is 154 Å². The van der Waals surface area contributed by atoms with E-state index >= 15 is 0 Å². The Bertz CT molecular complexity index is 3240. The van der Waals surface area contributed by atoms with Gasteiger partial charge in [-0.2, -0.15) is 4.58 Å². The number of rotatable bonds is 91. The van der Waals surface area contributed by atoms with Crippen LogP contribution in [0.3, 0.4) is 0 Å². The zero-order chi connectivity index (χ0) is 89.7. The van der Waals surface area contributed by atoms with E-state index in [1.165, 1.54) is 12.1 Å². The largest absolute Gasteiger partial charge is 0.744 e. The van der Waals surface area contributed by atoms with Crippen molar-refractivity contribution in [2.45, 2.75) is 99.7 Å². The van der Waals surface area contributed by atoms with Crippen LogP contribution in [0.2, 0.25) is 0 Å². The van der Waals surface area contributed by atoms with Crippen LogP contribution in [0.4, 0.5) is 11.4 Å². The van der Waals surface area contributed by atoms with E-state index < -0.39 is 20.9 Å². The summed E-state index contributed by atoms with van der Waals surface area (Å²) in [6.45, 7) is 32.1. The highest BCUT2D eigenvalue weighted by molar-refractivity contribution is 7.94. The van der Waals surface area contributed by atoms with Crippen LogP contribution in [0.5, 0.6) is 0 Å². The summed E-state index contributed by atoms with van der Waals surface area (Å²) in [5.41, 5.74) is 6.79. The summed E-state index contributed by atoms with van der Waals surface area (Å²) in [5, 5.41) is 15.6. The van der Waals surface area contributed by atoms with Gasteiger partial charge in [-0.05, 0) is 81.5 Å². The second-order valence-electron chi connectivity index (χ2n) is 28.9. The lowest BCUT2D eigenvalue weighted by Gasteiger charge is -2.27. The van der Waals surface area contributed by atoms with Gasteiger partial charge in [0.15, 0.2) is 5.71 Å². The molecule has 0 fully saturated rings. The Kier molecular flexibility index (Phi) is 69.2. The number of carbonyl (C=O) groups excluding carboxylic acids is 2. The molecule has 125 heavy (non-hydrogen) atoms. The number of hydrogen-bond acceptors (Lipinski definition) is 35. The minimum Gasteiger partial charge on any atom is -0.744 e. The van der Waals surface area contributed by atoms with E-state index in [4.69, 9.17) is 129 Å². The number of benzene rings is 2. The summed E-state index contributed by atoms with van der Waals surface area (Å²) in [6.07, 6.45) is 15.3. The minimum absolute atomic E-state index is 0.0629. The van der Waals surface area contributed by atoms with Crippen molar-refractivity contribution in [1.29, 1.82) is 0 Å². The molecule has 0 aromatic heterocycles. The molecule has 2 aromatic rings. The molecule has 0 unspecified atom stereocenters. The lowest BCUT2D eigenvalue weighted by molar-refractivity contribution is -0.438. The molecule has 0 saturated carbocycles. The Morgan fingerprint density at radius 1 is 0.432 bits per heavy atom. The molecule has 720 valence electrons. The number of nitrogens with zero attached hydrogens (tertiary/aromatic N) is 2. The predicted molar refractivity (Wildman–Crippen MR) is 464 cm³/mol. The molecule has 0 radical (unpaired) electrons. The van der Waals surface area contributed by atoms with Crippen LogP contribution < -0.4 is 21.5 Å². The van der Waals surface area contributed by atoms with E-state index in [2.05, 4.69) is 45.2 Å². The zero-order valence-electron chi connectivity index (χ0n) is 74.8. The smallest absolute Gasteiger partial charge is 0.233 e. The molecular weight excluding hydrogens is 1680 g/mol. The maximum atomic E-state index is 12.7. The van der Waals surface area contributed by atoms with Crippen molar-refractivity contribution in [3.8, 4) is 0 Å². The molecule has 39 heteroatoms. The van der Waals surface area contributed by atoms with E-state index in [-0.39, 0.29) is 16.7 Å². The molecule has 2 aliphatic rings. The number of carbonyl (C=O) groups is 2. The molecule has 0 bridgehead atoms. The SMILES string of the molecule is COCCOCCOCCOCCOCCOCCOCCOCCOCCOCCOCCOCCOCCOCCOCCOCCOCCOCCOCCOCCOCCOCCOCCOCCNC(=O)CCCCCN1C(=CC=CC=CC2=[N+](CCCCCC(=O)NN)c3ccc(SOOO)cc3C2(C)C)C(C)(C)c2cc(S(=O)(=O)[O-])ccc21. The van der Waals surface area contributed by atoms with E-state index in [1.807, 2.05) is 56.4 Å². The minimum atomic E-state index is -4.70. The molecule has 5 N–H and O–H groups in total. The number of hydrazine groups is 1. The Hall–Kier alpha value is -4.79. The van der Waals surface area contributed by atoms with Gasteiger partial charge in [-0.15, -0.1) is 4.33 Å². The molecule has 0 spiro atoms. The summed E-state index contributed by atoms with van der Waals surface area (Å²) in [5.74, 6) is 5.03. The van der Waals surface area contributed by atoms with Gasteiger partial charge in [0.05, 0.1) is 333 Å². The van der Waals surface area contributed by atoms with E-state index in [1.54, 1.807) is 13.2 Å². The van der Waals surface area contributed by atoms with Crippen molar-refractivity contribution in [3.05, 3.63) is 83.6 Å². The summed E-state index contributed by atoms with van der Waals surface area (Å²) in [4.78, 5) is 27.1. The number of unbranched alkanes of at least 4 members (excludes halogenated alkanes) is 4. The predicted octanol–water partition coefficient (Wildman–Crippen LogP) is 6.44. The van der Waals surface area contributed by atoms with Gasteiger partial charge in [-0.25, -0.2) is 19.5 Å². The van der Waals surface area contributed by atoms with Gasteiger partial charge in [0.1, 0.15) is 16.7 Å². The van der Waals surface area contributed by atoms with Crippen molar-refractivity contribution in [3.63, 3.8) is 0 Å². The quantitative estimate of drug-likeness (QED) is 0.00636. The first-order valence-corrected chi connectivity index (χ1v) is 45.7. The third kappa shape index (κ3) is 55.9. The van der Waals surface area contributed by atoms with E-state index in [9.17, 15) is 22.6 Å². The van der Waals surface area contributed by atoms with Crippen molar-refractivity contribution >= 4 is 51.1 Å². The number of hydrogen-bond donors (Lipinski definition) is 4. The normalized spacial score (nSPS) is 14.1. The number of methoxy groups -OCH3 is 1. The number of allylic oxidation sites excluding steroid dienone is 6. The number of nitrogens with one attached hydrogen (secondary N) is 2. The fraction of sp³-hybridized carbons (Fsp3) is 0.756. The van der Waals surface area contributed by atoms with E-state index in [0.29, 0.717) is 356 Å². The average molecular weight is 1830 g/mol. The first-order chi connectivity index (χ1) is 61.2. The van der Waals surface area contributed by atoms with Crippen LogP contribution in [0.1, 0.15) is 90.2 Å². The first kappa shape index (κ1) is 113. The second kappa shape index (κ2) is 76.9. The number of ether oxygens (including phenoxy) is 24. The molecule has 0 aliphatic carbocycles. The highest BCUT2D eigenvalue weighted by Crippen LogP contribution is 2.49. The molecule has 2 heterocycles. The summed E-state index contributed by atoms with van der Waals surface area (Å²) < 4.78 is 176. The van der Waals surface area contributed by atoms with Gasteiger partial charge in [-0.1, -0.05) is 43.5 Å². The van der Waals surface area contributed by atoms with Crippen LogP contribution in [0, 0.1) is 0 Å². The van der Waals surface area contributed by atoms with Gasteiger partial charge in [0.25, 0.3) is 0 Å². The fourth-order valence-corrected chi connectivity index (χ4v) is 13.3. The van der Waals surface area contributed by atoms with Gasteiger partial charge < -0.3 is 128 Å². The molecule has 2 amide bonds. The van der Waals surface area contributed by atoms with Crippen LogP contribution in [0.15, 0.2) is 82.3 Å². The van der Waals surface area contributed by atoms with Crippen LogP contribution in [-0.4, -0.2) is 378 Å². The monoisotopic (exact) mass is 1830 g/mol. The molecule has 2 aromatic carbocycles. The average Bonchev–Trinajstić information content (AvgIpc) is 1.59. The maximum absolute atomic E-state index is 12.7. The van der Waals surface area contributed by atoms with Crippen molar-refractivity contribution < 1.29 is 155 Å². The number of fused-ring (bicyclic) bond motifs is 2. The maximum Gasteiger partial charge on any atom is 0.233 e. The van der Waals surface area contributed by atoms with E-state index in [0.717, 1.165) is 76.5 Å². The summed E-state index contributed by atoms with van der Waals surface area (Å²) >= 11 is 0.902. The molecule has 4 rings (SSSR count). The third-order valence-corrected chi connectivity index (χ3v) is 20.2. The fourth-order valence-electron chi connectivity index (χ4n) is 12.4. The summed E-state index contributed by atoms with van der Waals surface area (Å²) in [7, 11) is -3.06. The Morgan fingerprint density at radius 3 is 1.14 bits per heavy atom. The topological polar surface area (TPSA) is 408 Å².